The molecule has 0 aromatic rings. The Kier molecular flexibility index (Phi) is 8.19. The summed E-state index contributed by atoms with van der Waals surface area (Å²) >= 11 is 0. The number of nitrogens with one attached hydrogen (secondary N) is 1. The number of nitrogens with two attached hydrogens (primary N) is 1. The normalized spacial score (nSPS) is 28.6. The van der Waals surface area contributed by atoms with E-state index < -0.39 is 0 Å². The van der Waals surface area contributed by atoms with Crippen LogP contribution in [0.15, 0.2) is 0 Å². The van der Waals surface area contributed by atoms with Crippen LogP contribution >= 0.6 is 24.8 Å². The molecular formula is C12H25Cl2N3O. The minimum atomic E-state index is -0.0356. The molecule has 0 aromatic carbocycles. The molecule has 2 aliphatic heterocycles. The smallest absolute Gasteiger partial charge is 0.221 e. The van der Waals surface area contributed by atoms with Gasteiger partial charge in [-0.1, -0.05) is 0 Å². The Labute approximate surface area is 122 Å². The quantitative estimate of drug-likeness (QED) is 0.826. The highest BCUT2D eigenvalue weighted by atomic mass is 35.5. The lowest BCUT2D eigenvalue weighted by molar-refractivity contribution is -0.122. The molecule has 2 saturated heterocycles. The number of fused-ring (bicyclic) bond motifs is 1. The summed E-state index contributed by atoms with van der Waals surface area (Å²) < 4.78 is 0. The van der Waals surface area contributed by atoms with Crippen LogP contribution < -0.4 is 11.1 Å². The van der Waals surface area contributed by atoms with Gasteiger partial charge in [0.1, 0.15) is 0 Å². The number of amides is 1. The molecule has 0 radical (unpaired) electrons. The Bertz CT molecular complexity index is 264. The zero-order chi connectivity index (χ0) is 11.5. The molecule has 2 aliphatic rings. The summed E-state index contributed by atoms with van der Waals surface area (Å²) in [5, 5.41) is 3.12. The summed E-state index contributed by atoms with van der Waals surface area (Å²) in [5.74, 6) is 0.117. The van der Waals surface area contributed by atoms with E-state index in [1.54, 1.807) is 0 Å². The summed E-state index contributed by atoms with van der Waals surface area (Å²) in [6.45, 7) is 4.28. The SMILES string of the molecule is CC(N)CC(=O)NC1CCN2CCCC2C1.Cl.Cl. The Morgan fingerprint density at radius 3 is 2.78 bits per heavy atom. The molecule has 6 heteroatoms. The second-order valence-corrected chi connectivity index (χ2v) is 5.30. The van der Waals surface area contributed by atoms with E-state index in [2.05, 4.69) is 10.2 Å². The minimum absolute atomic E-state index is 0. The Morgan fingerprint density at radius 2 is 2.11 bits per heavy atom. The molecule has 3 atom stereocenters. The molecular weight excluding hydrogens is 273 g/mol. The van der Waals surface area contributed by atoms with Crippen LogP contribution in [0.2, 0.25) is 0 Å². The zero-order valence-corrected chi connectivity index (χ0v) is 12.6. The largest absolute Gasteiger partial charge is 0.353 e. The molecule has 18 heavy (non-hydrogen) atoms. The van der Waals surface area contributed by atoms with Crippen LogP contribution in [0, 0.1) is 0 Å². The lowest BCUT2D eigenvalue weighted by Gasteiger charge is -2.35. The van der Waals surface area contributed by atoms with Crippen LogP contribution in [0.1, 0.15) is 39.0 Å². The fourth-order valence-electron chi connectivity index (χ4n) is 2.93. The van der Waals surface area contributed by atoms with Crippen molar-refractivity contribution in [1.82, 2.24) is 10.2 Å². The second kappa shape index (κ2) is 8.20. The van der Waals surface area contributed by atoms with Crippen LogP contribution in [-0.4, -0.2) is 42.0 Å². The first-order chi connectivity index (χ1) is 7.65. The van der Waals surface area contributed by atoms with Crippen molar-refractivity contribution in [2.45, 2.75) is 57.2 Å². The molecule has 0 bridgehead atoms. The zero-order valence-electron chi connectivity index (χ0n) is 10.9. The topological polar surface area (TPSA) is 58.4 Å². The van der Waals surface area contributed by atoms with Gasteiger partial charge in [-0.15, -0.1) is 24.8 Å². The van der Waals surface area contributed by atoms with Crippen molar-refractivity contribution in [2.24, 2.45) is 5.73 Å². The van der Waals surface area contributed by atoms with Crippen molar-refractivity contribution < 1.29 is 4.79 Å². The van der Waals surface area contributed by atoms with Crippen LogP contribution in [0.3, 0.4) is 0 Å². The number of carbonyl (C=O) groups excluding carboxylic acids is 1. The molecule has 2 heterocycles. The lowest BCUT2D eigenvalue weighted by atomic mass is 9.97. The van der Waals surface area contributed by atoms with Gasteiger partial charge in [-0.25, -0.2) is 0 Å². The minimum Gasteiger partial charge on any atom is -0.353 e. The molecule has 1 amide bonds. The molecule has 2 fully saturated rings. The first kappa shape index (κ1) is 18.0. The number of nitrogens with zero attached hydrogens (tertiary/aromatic N) is 1. The van der Waals surface area contributed by atoms with Crippen LogP contribution in [0.4, 0.5) is 0 Å². The Hall–Kier alpha value is -0.0300. The number of rotatable bonds is 3. The summed E-state index contributed by atoms with van der Waals surface area (Å²) in [4.78, 5) is 14.2. The van der Waals surface area contributed by atoms with Crippen molar-refractivity contribution in [3.63, 3.8) is 0 Å². The van der Waals surface area contributed by atoms with Crippen molar-refractivity contribution in [3.05, 3.63) is 0 Å². The standard InChI is InChI=1S/C12H23N3O.2ClH/c1-9(13)7-12(16)14-10-4-6-15-5-2-3-11(15)8-10;;/h9-11H,2-8,13H2,1H3,(H,14,16);2*1H. The molecule has 0 aromatic heterocycles. The number of halogens is 2. The molecule has 2 rings (SSSR count). The Morgan fingerprint density at radius 1 is 1.39 bits per heavy atom. The predicted molar refractivity (Wildman–Crippen MR) is 78.5 cm³/mol. The third-order valence-corrected chi connectivity index (χ3v) is 3.69. The maximum atomic E-state index is 11.6. The van der Waals surface area contributed by atoms with E-state index in [4.69, 9.17) is 5.73 Å². The first-order valence-electron chi connectivity index (χ1n) is 6.44. The van der Waals surface area contributed by atoms with E-state index in [1.807, 2.05) is 6.92 Å². The lowest BCUT2D eigenvalue weighted by Crippen LogP contribution is -2.48. The van der Waals surface area contributed by atoms with Crippen LogP contribution in [-0.2, 0) is 4.79 Å². The number of piperidine rings is 1. The van der Waals surface area contributed by atoms with Gasteiger partial charge in [-0.2, -0.15) is 0 Å². The monoisotopic (exact) mass is 297 g/mol. The molecule has 0 saturated carbocycles. The van der Waals surface area contributed by atoms with E-state index in [0.717, 1.165) is 19.4 Å². The average Bonchev–Trinajstić information content (AvgIpc) is 2.63. The molecule has 4 nitrogen and oxygen atoms in total. The maximum absolute atomic E-state index is 11.6. The van der Waals surface area contributed by atoms with Crippen molar-refractivity contribution in [1.29, 1.82) is 0 Å². The van der Waals surface area contributed by atoms with Gasteiger partial charge in [0.05, 0.1) is 0 Å². The third kappa shape index (κ3) is 4.92. The van der Waals surface area contributed by atoms with Gasteiger partial charge in [-0.05, 0) is 39.2 Å². The van der Waals surface area contributed by atoms with E-state index in [0.29, 0.717) is 18.5 Å². The maximum Gasteiger partial charge on any atom is 0.221 e. The predicted octanol–water partition coefficient (Wildman–Crippen LogP) is 1.31. The fourth-order valence-corrected chi connectivity index (χ4v) is 2.93. The van der Waals surface area contributed by atoms with E-state index >= 15 is 0 Å². The average molecular weight is 298 g/mol. The molecule has 108 valence electrons. The summed E-state index contributed by atoms with van der Waals surface area (Å²) in [5.41, 5.74) is 5.61. The number of hydrogen-bond acceptors (Lipinski definition) is 3. The van der Waals surface area contributed by atoms with Gasteiger partial charge < -0.3 is 16.0 Å². The van der Waals surface area contributed by atoms with E-state index in [1.165, 1.54) is 19.4 Å². The van der Waals surface area contributed by atoms with Crippen LogP contribution in [0.5, 0.6) is 0 Å². The molecule has 3 N–H and O–H groups in total. The van der Waals surface area contributed by atoms with Gasteiger partial charge in [0, 0.05) is 31.1 Å². The van der Waals surface area contributed by atoms with Crippen LogP contribution in [0.25, 0.3) is 0 Å². The molecule has 3 unspecified atom stereocenters. The number of carbonyl (C=O) groups is 1. The van der Waals surface area contributed by atoms with E-state index in [-0.39, 0.29) is 36.8 Å². The van der Waals surface area contributed by atoms with Crippen molar-refractivity contribution in [2.75, 3.05) is 13.1 Å². The van der Waals surface area contributed by atoms with Crippen molar-refractivity contribution >= 4 is 30.7 Å². The third-order valence-electron chi connectivity index (χ3n) is 3.69. The molecule has 0 spiro atoms. The highest BCUT2D eigenvalue weighted by Gasteiger charge is 2.32. The van der Waals surface area contributed by atoms with E-state index in [9.17, 15) is 4.79 Å². The molecule has 0 aliphatic carbocycles. The highest BCUT2D eigenvalue weighted by molar-refractivity contribution is 5.85. The van der Waals surface area contributed by atoms with Crippen molar-refractivity contribution in [3.8, 4) is 0 Å². The Balaban J connectivity index is 0.00000144. The fraction of sp³-hybridized carbons (Fsp3) is 0.917. The second-order valence-electron chi connectivity index (χ2n) is 5.30. The van der Waals surface area contributed by atoms with Gasteiger partial charge in [0.15, 0.2) is 0 Å². The number of hydrogen-bond donors (Lipinski definition) is 2. The van der Waals surface area contributed by atoms with Gasteiger partial charge in [0.25, 0.3) is 0 Å². The van der Waals surface area contributed by atoms with Gasteiger partial charge >= 0.3 is 0 Å². The van der Waals surface area contributed by atoms with Gasteiger partial charge in [-0.3, -0.25) is 4.79 Å². The van der Waals surface area contributed by atoms with Gasteiger partial charge in [0.2, 0.25) is 5.91 Å². The summed E-state index contributed by atoms with van der Waals surface area (Å²) in [7, 11) is 0. The summed E-state index contributed by atoms with van der Waals surface area (Å²) in [6, 6.07) is 1.06. The first-order valence-corrected chi connectivity index (χ1v) is 6.44. The highest BCUT2D eigenvalue weighted by Crippen LogP contribution is 2.26. The summed E-state index contributed by atoms with van der Waals surface area (Å²) in [6.07, 6.45) is 5.31.